The first-order chi connectivity index (χ1) is 12.7. The Hall–Kier alpha value is -3.41. The first-order valence-electron chi connectivity index (χ1n) is 8.48. The lowest BCUT2D eigenvalue weighted by molar-refractivity contribution is -0.384. The van der Waals surface area contributed by atoms with Crippen LogP contribution in [0.1, 0.15) is 31.9 Å². The van der Waals surface area contributed by atoms with E-state index in [1.807, 2.05) is 26.8 Å². The zero-order valence-electron chi connectivity index (χ0n) is 15.3. The number of nitro benzene ring substituents is 1. The summed E-state index contributed by atoms with van der Waals surface area (Å²) in [5.74, 6) is -0.108. The van der Waals surface area contributed by atoms with Crippen LogP contribution in [0.4, 0.5) is 11.4 Å². The minimum Gasteiger partial charge on any atom is -0.508 e. The second-order valence-corrected chi connectivity index (χ2v) is 7.04. The number of carbonyl (C=O) groups excluding carboxylic acids is 1. The first kappa shape index (κ1) is 18.4. The topological polar surface area (TPSA) is 83.7 Å². The monoisotopic (exact) mass is 364 g/mol. The molecule has 1 N–H and O–H groups in total. The van der Waals surface area contributed by atoms with Crippen molar-refractivity contribution in [2.75, 3.05) is 4.90 Å². The SMILES string of the molecule is CC1=CC(C)(C)N(C(=O)/C=C/c2cccc([N+](=O)[O-])c2)c2ccc(O)cc21. The molecule has 2 aromatic carbocycles. The van der Waals surface area contributed by atoms with Gasteiger partial charge in [-0.3, -0.25) is 19.8 Å². The lowest BCUT2D eigenvalue weighted by Crippen LogP contribution is -2.48. The quantitative estimate of drug-likeness (QED) is 0.492. The zero-order valence-corrected chi connectivity index (χ0v) is 15.3. The smallest absolute Gasteiger partial charge is 0.270 e. The molecule has 1 aliphatic rings. The molecule has 27 heavy (non-hydrogen) atoms. The van der Waals surface area contributed by atoms with Gasteiger partial charge >= 0.3 is 0 Å². The fourth-order valence-electron chi connectivity index (χ4n) is 3.40. The van der Waals surface area contributed by atoms with Gasteiger partial charge in [0, 0.05) is 23.8 Å². The van der Waals surface area contributed by atoms with Gasteiger partial charge in [-0.05, 0) is 56.2 Å². The summed E-state index contributed by atoms with van der Waals surface area (Å²) in [4.78, 5) is 25.1. The van der Waals surface area contributed by atoms with Gasteiger partial charge in [0.15, 0.2) is 0 Å². The van der Waals surface area contributed by atoms with Crippen LogP contribution in [0.15, 0.2) is 54.6 Å². The third-order valence-electron chi connectivity index (χ3n) is 4.51. The summed E-state index contributed by atoms with van der Waals surface area (Å²) < 4.78 is 0. The third-order valence-corrected chi connectivity index (χ3v) is 4.51. The Morgan fingerprint density at radius 3 is 2.67 bits per heavy atom. The van der Waals surface area contributed by atoms with Crippen molar-refractivity contribution in [3.8, 4) is 5.75 Å². The number of allylic oxidation sites excluding steroid dienone is 1. The highest BCUT2D eigenvalue weighted by molar-refractivity contribution is 6.08. The van der Waals surface area contributed by atoms with Crippen LogP contribution in [-0.4, -0.2) is 21.5 Å². The molecule has 1 heterocycles. The van der Waals surface area contributed by atoms with Crippen molar-refractivity contribution < 1.29 is 14.8 Å². The van der Waals surface area contributed by atoms with Crippen LogP contribution in [0.2, 0.25) is 0 Å². The van der Waals surface area contributed by atoms with Gasteiger partial charge in [-0.1, -0.05) is 18.2 Å². The number of phenolic OH excluding ortho intramolecular Hbond substituents is 1. The van der Waals surface area contributed by atoms with E-state index in [4.69, 9.17) is 0 Å². The van der Waals surface area contributed by atoms with Crippen molar-refractivity contribution in [3.05, 3.63) is 75.9 Å². The van der Waals surface area contributed by atoms with E-state index in [9.17, 15) is 20.0 Å². The number of aromatic hydroxyl groups is 1. The van der Waals surface area contributed by atoms with Crippen LogP contribution in [0.5, 0.6) is 5.75 Å². The highest BCUT2D eigenvalue weighted by atomic mass is 16.6. The largest absolute Gasteiger partial charge is 0.508 e. The Balaban J connectivity index is 1.96. The summed E-state index contributed by atoms with van der Waals surface area (Å²) in [6.45, 7) is 5.82. The van der Waals surface area contributed by atoms with Crippen LogP contribution >= 0.6 is 0 Å². The van der Waals surface area contributed by atoms with E-state index in [-0.39, 0.29) is 17.3 Å². The molecule has 2 aromatic rings. The molecule has 1 aliphatic heterocycles. The van der Waals surface area contributed by atoms with E-state index in [2.05, 4.69) is 0 Å². The fourth-order valence-corrected chi connectivity index (χ4v) is 3.40. The van der Waals surface area contributed by atoms with Gasteiger partial charge in [0.1, 0.15) is 5.75 Å². The van der Waals surface area contributed by atoms with E-state index < -0.39 is 10.5 Å². The standard InChI is InChI=1S/C21H20N2O4/c1-14-13-21(2,3)22(19-9-8-17(24)12-18(14)19)20(25)10-7-15-5-4-6-16(11-15)23(26)27/h4-13,24H,1-3H3/b10-7+. The van der Waals surface area contributed by atoms with Crippen molar-refractivity contribution in [1.29, 1.82) is 0 Å². The Labute approximate surface area is 157 Å². The number of benzene rings is 2. The number of carbonyl (C=O) groups is 1. The van der Waals surface area contributed by atoms with Crippen molar-refractivity contribution >= 4 is 28.9 Å². The van der Waals surface area contributed by atoms with Gasteiger partial charge < -0.3 is 5.11 Å². The molecule has 0 spiro atoms. The molecule has 138 valence electrons. The summed E-state index contributed by atoms with van der Waals surface area (Å²) in [6, 6.07) is 11.0. The van der Waals surface area contributed by atoms with Crippen LogP contribution in [-0.2, 0) is 4.79 Å². The Kier molecular flexibility index (Phi) is 4.57. The van der Waals surface area contributed by atoms with Gasteiger partial charge in [-0.2, -0.15) is 0 Å². The van der Waals surface area contributed by atoms with Crippen molar-refractivity contribution in [3.63, 3.8) is 0 Å². The highest BCUT2D eigenvalue weighted by Crippen LogP contribution is 2.40. The molecule has 6 heteroatoms. The number of hydrogen-bond acceptors (Lipinski definition) is 4. The maximum absolute atomic E-state index is 13.0. The molecule has 3 rings (SSSR count). The molecular formula is C21H20N2O4. The molecule has 0 fully saturated rings. The summed E-state index contributed by atoms with van der Waals surface area (Å²) in [5.41, 5.74) is 2.49. The Morgan fingerprint density at radius 1 is 1.22 bits per heavy atom. The number of phenols is 1. The molecule has 0 radical (unpaired) electrons. The summed E-state index contributed by atoms with van der Waals surface area (Å²) in [6.07, 6.45) is 4.95. The van der Waals surface area contributed by atoms with Crippen molar-refractivity contribution in [2.45, 2.75) is 26.3 Å². The lowest BCUT2D eigenvalue weighted by atomic mass is 9.88. The number of anilines is 1. The number of non-ortho nitro benzene ring substituents is 1. The fraction of sp³-hybridized carbons (Fsp3) is 0.190. The predicted molar refractivity (Wildman–Crippen MR) is 105 cm³/mol. The molecule has 0 atom stereocenters. The average Bonchev–Trinajstić information content (AvgIpc) is 2.60. The molecule has 0 bridgehead atoms. The number of nitro groups is 1. The normalized spacial score (nSPS) is 15.4. The minimum absolute atomic E-state index is 0.0257. The lowest BCUT2D eigenvalue weighted by Gasteiger charge is -2.41. The molecule has 0 saturated carbocycles. The molecule has 0 aromatic heterocycles. The van der Waals surface area contributed by atoms with E-state index in [1.165, 1.54) is 18.2 Å². The van der Waals surface area contributed by atoms with Crippen LogP contribution < -0.4 is 4.90 Å². The van der Waals surface area contributed by atoms with Crippen LogP contribution in [0.3, 0.4) is 0 Å². The number of fused-ring (bicyclic) bond motifs is 1. The zero-order chi connectivity index (χ0) is 19.8. The van der Waals surface area contributed by atoms with E-state index in [1.54, 1.807) is 41.3 Å². The van der Waals surface area contributed by atoms with Gasteiger partial charge in [-0.15, -0.1) is 0 Å². The summed E-state index contributed by atoms with van der Waals surface area (Å²) in [5, 5.41) is 20.7. The van der Waals surface area contributed by atoms with E-state index in [0.29, 0.717) is 11.3 Å². The van der Waals surface area contributed by atoms with Crippen LogP contribution in [0, 0.1) is 10.1 Å². The van der Waals surface area contributed by atoms with Crippen molar-refractivity contribution in [1.82, 2.24) is 0 Å². The molecule has 0 unspecified atom stereocenters. The molecule has 6 nitrogen and oxygen atoms in total. The van der Waals surface area contributed by atoms with E-state index >= 15 is 0 Å². The Bertz CT molecular complexity index is 989. The number of hydrogen-bond donors (Lipinski definition) is 1. The van der Waals surface area contributed by atoms with E-state index in [0.717, 1.165) is 11.1 Å². The minimum atomic E-state index is -0.557. The maximum atomic E-state index is 13.0. The third kappa shape index (κ3) is 3.60. The van der Waals surface area contributed by atoms with Gasteiger partial charge in [0.05, 0.1) is 16.1 Å². The molecular weight excluding hydrogens is 344 g/mol. The number of amides is 1. The van der Waals surface area contributed by atoms with Crippen LogP contribution in [0.25, 0.3) is 11.6 Å². The maximum Gasteiger partial charge on any atom is 0.270 e. The highest BCUT2D eigenvalue weighted by Gasteiger charge is 2.34. The second kappa shape index (κ2) is 6.72. The van der Waals surface area contributed by atoms with Crippen molar-refractivity contribution in [2.24, 2.45) is 0 Å². The first-order valence-corrected chi connectivity index (χ1v) is 8.48. The molecule has 1 amide bonds. The van der Waals surface area contributed by atoms with Gasteiger partial charge in [0.25, 0.3) is 11.6 Å². The summed E-state index contributed by atoms with van der Waals surface area (Å²) >= 11 is 0. The molecule has 0 aliphatic carbocycles. The second-order valence-electron chi connectivity index (χ2n) is 7.04. The molecule has 0 saturated heterocycles. The van der Waals surface area contributed by atoms with Gasteiger partial charge in [-0.25, -0.2) is 0 Å². The average molecular weight is 364 g/mol. The summed E-state index contributed by atoms with van der Waals surface area (Å²) in [7, 11) is 0. The number of nitrogens with zero attached hydrogens (tertiary/aromatic N) is 2. The van der Waals surface area contributed by atoms with Gasteiger partial charge in [0.2, 0.25) is 0 Å². The number of rotatable bonds is 3. The Morgan fingerprint density at radius 2 is 1.96 bits per heavy atom. The predicted octanol–water partition coefficient (Wildman–Crippen LogP) is 4.54.